The third-order valence-corrected chi connectivity index (χ3v) is 11.8. The Morgan fingerprint density at radius 3 is 2.29 bits per heavy atom. The van der Waals surface area contributed by atoms with E-state index in [9.17, 15) is 14.4 Å². The highest BCUT2D eigenvalue weighted by molar-refractivity contribution is 5.88. The smallest absolute Gasteiger partial charge is 0.308 e. The molecular formula is C51H74N3O5+. The van der Waals surface area contributed by atoms with Crippen molar-refractivity contribution in [2.75, 3.05) is 37.7 Å². The van der Waals surface area contributed by atoms with Crippen molar-refractivity contribution in [1.29, 1.82) is 0 Å². The number of benzene rings is 2. The first-order chi connectivity index (χ1) is 28.7. The molecule has 0 saturated heterocycles. The third kappa shape index (κ3) is 15.0. The number of unbranched alkanes of at least 4 members (excludes halogenated alkanes) is 9. The molecule has 0 aromatic heterocycles. The number of hydrogen-bond donors (Lipinski definition) is 1. The fraction of sp³-hybridized carbons (Fsp3) is 0.588. The predicted octanol–water partition coefficient (Wildman–Crippen LogP) is 11.2. The number of ether oxygens (including phenoxy) is 2. The van der Waals surface area contributed by atoms with Gasteiger partial charge in [0.1, 0.15) is 0 Å². The van der Waals surface area contributed by atoms with E-state index in [4.69, 9.17) is 9.47 Å². The average molecular weight is 809 g/mol. The minimum Gasteiger partial charge on any atom is -0.466 e. The van der Waals surface area contributed by atoms with Gasteiger partial charge in [-0.2, -0.15) is 4.58 Å². The number of allylic oxidation sites excluding steroid dienone is 3. The summed E-state index contributed by atoms with van der Waals surface area (Å²) in [5.41, 5.74) is 11.1. The highest BCUT2D eigenvalue weighted by Gasteiger charge is 2.39. The Kier molecular flexibility index (Phi) is 20.8. The van der Waals surface area contributed by atoms with Crippen LogP contribution in [0.4, 0.5) is 11.4 Å². The lowest BCUT2D eigenvalue weighted by Crippen LogP contribution is -2.27. The van der Waals surface area contributed by atoms with Crippen LogP contribution in [0.15, 0.2) is 78.2 Å². The Balaban J connectivity index is 1.20. The fourth-order valence-electron chi connectivity index (χ4n) is 8.36. The molecule has 0 radical (unpaired) electrons. The first-order valence-corrected chi connectivity index (χ1v) is 23.0. The third-order valence-electron chi connectivity index (χ3n) is 11.8. The number of fused-ring (bicyclic) bond motifs is 2. The molecule has 1 N–H and O–H groups in total. The zero-order valence-corrected chi connectivity index (χ0v) is 37.1. The highest BCUT2D eigenvalue weighted by atomic mass is 16.5. The molecular weight excluding hydrogens is 735 g/mol. The fourth-order valence-corrected chi connectivity index (χ4v) is 8.36. The van der Waals surface area contributed by atoms with Gasteiger partial charge in [-0.3, -0.25) is 14.4 Å². The summed E-state index contributed by atoms with van der Waals surface area (Å²) < 4.78 is 13.4. The van der Waals surface area contributed by atoms with Gasteiger partial charge in [-0.15, -0.1) is 0 Å². The molecule has 0 bridgehead atoms. The molecule has 8 nitrogen and oxygen atoms in total. The average Bonchev–Trinajstić information content (AvgIpc) is 3.70. The Morgan fingerprint density at radius 2 is 1.53 bits per heavy atom. The van der Waals surface area contributed by atoms with E-state index in [0.717, 1.165) is 96.4 Å². The topological polar surface area (TPSA) is 88.0 Å². The molecule has 2 aromatic carbocycles. The van der Waals surface area contributed by atoms with Gasteiger partial charge >= 0.3 is 11.9 Å². The summed E-state index contributed by atoms with van der Waals surface area (Å²) in [5, 5.41) is 3.14. The summed E-state index contributed by atoms with van der Waals surface area (Å²) in [6.07, 6.45) is 22.1. The van der Waals surface area contributed by atoms with E-state index in [-0.39, 0.29) is 35.6 Å². The summed E-state index contributed by atoms with van der Waals surface area (Å²) in [7, 11) is 0. The number of hydrogen-bond acceptors (Lipinski definition) is 6. The first-order valence-electron chi connectivity index (χ1n) is 23.0. The van der Waals surface area contributed by atoms with Crippen molar-refractivity contribution in [2.45, 2.75) is 156 Å². The summed E-state index contributed by atoms with van der Waals surface area (Å²) in [6, 6.07) is 17.2. The summed E-state index contributed by atoms with van der Waals surface area (Å²) in [6.45, 7) is 14.1. The molecule has 2 aliphatic rings. The van der Waals surface area contributed by atoms with Crippen LogP contribution < -0.4 is 10.2 Å². The molecule has 322 valence electrons. The van der Waals surface area contributed by atoms with Crippen molar-refractivity contribution in [3.8, 4) is 0 Å². The number of para-hydroxylation sites is 2. The predicted molar refractivity (Wildman–Crippen MR) is 241 cm³/mol. The van der Waals surface area contributed by atoms with Gasteiger partial charge in [0.15, 0.2) is 12.3 Å². The Hall–Kier alpha value is -4.42. The number of rotatable bonds is 28. The number of esters is 2. The lowest BCUT2D eigenvalue weighted by Gasteiger charge is -2.23. The van der Waals surface area contributed by atoms with Crippen LogP contribution in [0.1, 0.15) is 155 Å². The van der Waals surface area contributed by atoms with Gasteiger partial charge in [0.05, 0.1) is 37.7 Å². The van der Waals surface area contributed by atoms with Gasteiger partial charge in [0, 0.05) is 48.7 Å². The molecule has 8 heteroatoms. The number of carbonyl (C=O) groups excluding carboxylic acids is 3. The Bertz CT molecular complexity index is 1770. The number of amides is 1. The van der Waals surface area contributed by atoms with Gasteiger partial charge in [-0.25, -0.2) is 0 Å². The highest BCUT2D eigenvalue weighted by Crippen LogP contribution is 2.46. The van der Waals surface area contributed by atoms with Crippen molar-refractivity contribution in [3.63, 3.8) is 0 Å². The van der Waals surface area contributed by atoms with E-state index < -0.39 is 0 Å². The molecule has 4 rings (SSSR count). The maximum atomic E-state index is 13.0. The van der Waals surface area contributed by atoms with Crippen LogP contribution in [-0.4, -0.2) is 61.0 Å². The molecule has 59 heavy (non-hydrogen) atoms. The van der Waals surface area contributed by atoms with Crippen LogP contribution in [-0.2, 0) is 35.7 Å². The summed E-state index contributed by atoms with van der Waals surface area (Å²) in [4.78, 5) is 40.7. The normalized spacial score (nSPS) is 14.6. The molecule has 1 atom stereocenters. The van der Waals surface area contributed by atoms with Crippen LogP contribution in [0.25, 0.3) is 0 Å². The van der Waals surface area contributed by atoms with Crippen LogP contribution in [0, 0.1) is 5.92 Å². The van der Waals surface area contributed by atoms with Gasteiger partial charge in [-0.05, 0) is 70.6 Å². The van der Waals surface area contributed by atoms with Gasteiger partial charge in [0.25, 0.3) is 0 Å². The van der Waals surface area contributed by atoms with Crippen molar-refractivity contribution >= 4 is 34.9 Å². The zero-order chi connectivity index (χ0) is 42.3. The maximum Gasteiger partial charge on any atom is 0.308 e. The van der Waals surface area contributed by atoms with Crippen molar-refractivity contribution in [1.82, 2.24) is 5.32 Å². The second-order valence-electron chi connectivity index (χ2n) is 16.7. The van der Waals surface area contributed by atoms with E-state index in [1.807, 2.05) is 6.08 Å². The molecule has 1 amide bonds. The molecule has 2 heterocycles. The summed E-state index contributed by atoms with van der Waals surface area (Å²) >= 11 is 0. The molecule has 0 spiro atoms. The van der Waals surface area contributed by atoms with Gasteiger partial charge in [0.2, 0.25) is 11.6 Å². The maximum absolute atomic E-state index is 13.0. The van der Waals surface area contributed by atoms with Crippen molar-refractivity contribution < 1.29 is 28.4 Å². The van der Waals surface area contributed by atoms with Crippen LogP contribution >= 0.6 is 0 Å². The SMILES string of the molecule is CCCCCCOC(=O)CCC(CCCCCCNC(=O)CC[N+]1=C(C/C=C/C=C=C2N(CC)c3ccccc3C2(C)C)Cc2ccccc21)C(=O)OCCCCCC. The second-order valence-corrected chi connectivity index (χ2v) is 16.7. The minimum atomic E-state index is -0.287. The molecule has 2 aliphatic heterocycles. The monoisotopic (exact) mass is 809 g/mol. The number of nitrogens with zero attached hydrogens (tertiary/aromatic N) is 2. The number of nitrogens with one attached hydrogen (secondary N) is 1. The Labute approximate surface area is 356 Å². The lowest BCUT2D eigenvalue weighted by molar-refractivity contribution is -0.437. The lowest BCUT2D eigenvalue weighted by atomic mass is 9.84. The van der Waals surface area contributed by atoms with E-state index in [2.05, 4.69) is 116 Å². The van der Waals surface area contributed by atoms with E-state index >= 15 is 0 Å². The zero-order valence-electron chi connectivity index (χ0n) is 37.1. The van der Waals surface area contributed by atoms with Crippen molar-refractivity contribution in [3.05, 3.63) is 89.3 Å². The standard InChI is InChI=1S/C51H73N3O5/c1-6-9-11-24-38-58-49(56)34-33-41(50(57)59-39-25-12-10-7-2)26-16-13-14-23-36-52-48(55)35-37-54-43(40-42-27-19-21-30-45(42)54)28-17-15-18-32-47-51(4,5)44-29-20-22-31-46(44)53(47)8-3/h15,17-22,27,29-31,41H,6-14,16,23-26,28,33-40H2,1-5H3/p+1/b17-15+. The molecule has 0 aliphatic carbocycles. The van der Waals surface area contributed by atoms with Gasteiger partial charge in [-0.1, -0.05) is 126 Å². The van der Waals surface area contributed by atoms with Gasteiger partial charge < -0.3 is 19.7 Å². The number of anilines is 1. The first kappa shape index (κ1) is 47.3. The largest absolute Gasteiger partial charge is 0.466 e. The molecule has 0 saturated carbocycles. The Morgan fingerprint density at radius 1 is 0.831 bits per heavy atom. The van der Waals surface area contributed by atoms with E-state index in [0.29, 0.717) is 45.6 Å². The van der Waals surface area contributed by atoms with Crippen LogP contribution in [0.3, 0.4) is 0 Å². The summed E-state index contributed by atoms with van der Waals surface area (Å²) in [5.74, 6) is -0.629. The minimum absolute atomic E-state index is 0.0680. The molecule has 0 fully saturated rings. The molecule has 2 aromatic rings. The quantitative estimate of drug-likeness (QED) is 0.0303. The van der Waals surface area contributed by atoms with E-state index in [1.54, 1.807) is 0 Å². The van der Waals surface area contributed by atoms with Crippen LogP contribution in [0.5, 0.6) is 0 Å². The molecule has 1 unspecified atom stereocenters. The van der Waals surface area contributed by atoms with Crippen molar-refractivity contribution in [2.24, 2.45) is 5.92 Å². The number of likely N-dealkylation sites (N-methyl/N-ethyl adjacent to an activating group) is 1. The second kappa shape index (κ2) is 25.9. The van der Waals surface area contributed by atoms with Crippen LogP contribution in [0.2, 0.25) is 0 Å². The number of carbonyl (C=O) groups is 3. The van der Waals surface area contributed by atoms with E-state index in [1.165, 1.54) is 33.9 Å².